The van der Waals surface area contributed by atoms with Crippen LogP contribution in [-0.4, -0.2) is 60.1 Å². The minimum atomic E-state index is -0.969. The van der Waals surface area contributed by atoms with Gasteiger partial charge in [0.1, 0.15) is 24.2 Å². The predicted octanol–water partition coefficient (Wildman–Crippen LogP) is 2.93. The normalized spacial score (nSPS) is 15.4. The van der Waals surface area contributed by atoms with Crippen LogP contribution < -0.4 is 10.6 Å². The van der Waals surface area contributed by atoms with Crippen molar-refractivity contribution in [1.29, 1.82) is 0 Å². The van der Waals surface area contributed by atoms with Crippen LogP contribution in [0.25, 0.3) is 0 Å². The van der Waals surface area contributed by atoms with Gasteiger partial charge in [0.15, 0.2) is 0 Å². The van der Waals surface area contributed by atoms with Crippen LogP contribution in [0.3, 0.4) is 0 Å². The third kappa shape index (κ3) is 7.46. The molecule has 1 aromatic carbocycles. The second-order valence-corrected chi connectivity index (χ2v) is 9.82. The van der Waals surface area contributed by atoms with Crippen molar-refractivity contribution < 1.29 is 28.7 Å². The average molecular weight is 476 g/mol. The van der Waals surface area contributed by atoms with Gasteiger partial charge in [-0.05, 0) is 66.4 Å². The number of nitrogens with zero attached hydrogens (tertiary/aromatic N) is 1. The van der Waals surface area contributed by atoms with Gasteiger partial charge in [-0.2, -0.15) is 0 Å². The van der Waals surface area contributed by atoms with E-state index in [1.54, 1.807) is 32.6 Å². The lowest BCUT2D eigenvalue weighted by Crippen LogP contribution is -2.57. The van der Waals surface area contributed by atoms with E-state index in [0.29, 0.717) is 5.56 Å². The van der Waals surface area contributed by atoms with Crippen LogP contribution in [0.4, 0.5) is 4.79 Å². The quantitative estimate of drug-likeness (QED) is 0.559. The van der Waals surface area contributed by atoms with Gasteiger partial charge in [0.25, 0.3) is 0 Å². The summed E-state index contributed by atoms with van der Waals surface area (Å²) in [5, 5.41) is 5.19. The molecule has 0 radical (unpaired) electrons. The van der Waals surface area contributed by atoms with E-state index in [9.17, 15) is 19.2 Å². The molecule has 0 aromatic heterocycles. The van der Waals surface area contributed by atoms with E-state index >= 15 is 0 Å². The van der Waals surface area contributed by atoms with Gasteiger partial charge in [0.05, 0.1) is 7.11 Å². The highest BCUT2D eigenvalue weighted by Gasteiger charge is 2.41. The Labute approximate surface area is 201 Å². The zero-order chi connectivity index (χ0) is 25.6. The molecule has 3 amide bonds. The second-order valence-electron chi connectivity index (χ2n) is 9.82. The first kappa shape index (κ1) is 27.1. The molecule has 1 aliphatic rings. The van der Waals surface area contributed by atoms with E-state index in [0.717, 1.165) is 30.4 Å². The molecule has 0 spiro atoms. The van der Waals surface area contributed by atoms with Crippen LogP contribution >= 0.6 is 0 Å². The highest BCUT2D eigenvalue weighted by molar-refractivity contribution is 5.93. The molecular formula is C25H37N3O6. The number of alkyl carbamates (subject to hydrolysis) is 1. The molecule has 0 heterocycles. The fourth-order valence-electron chi connectivity index (χ4n) is 3.89. The van der Waals surface area contributed by atoms with Crippen LogP contribution in [0.1, 0.15) is 69.7 Å². The zero-order valence-electron chi connectivity index (χ0n) is 21.2. The van der Waals surface area contributed by atoms with Crippen molar-refractivity contribution in [2.75, 3.05) is 13.7 Å². The highest BCUT2D eigenvalue weighted by Crippen LogP contribution is 2.34. The first-order valence-corrected chi connectivity index (χ1v) is 11.6. The van der Waals surface area contributed by atoms with Crippen molar-refractivity contribution in [2.45, 2.75) is 84.5 Å². The van der Waals surface area contributed by atoms with E-state index < -0.39 is 41.6 Å². The van der Waals surface area contributed by atoms with Crippen molar-refractivity contribution in [2.24, 2.45) is 0 Å². The summed E-state index contributed by atoms with van der Waals surface area (Å²) < 4.78 is 9.93. The summed E-state index contributed by atoms with van der Waals surface area (Å²) in [6, 6.07) is 3.65. The summed E-state index contributed by atoms with van der Waals surface area (Å²) in [5.41, 5.74) is 1.82. The molecule has 9 nitrogen and oxygen atoms in total. The van der Waals surface area contributed by atoms with E-state index in [-0.39, 0.29) is 12.6 Å². The number of esters is 1. The molecule has 2 unspecified atom stereocenters. The fraction of sp³-hybridized carbons (Fsp3) is 0.600. The maximum atomic E-state index is 13.6. The Bertz CT molecular complexity index is 899. The molecule has 2 N–H and O–H groups in total. The number of nitrogens with one attached hydrogen (secondary N) is 2. The van der Waals surface area contributed by atoms with Gasteiger partial charge in [-0.15, -0.1) is 0 Å². The number of hydrogen-bond donors (Lipinski definition) is 2. The Morgan fingerprint density at radius 2 is 1.68 bits per heavy atom. The molecule has 2 atom stereocenters. The van der Waals surface area contributed by atoms with Gasteiger partial charge in [0, 0.05) is 6.04 Å². The summed E-state index contributed by atoms with van der Waals surface area (Å²) in [6.45, 7) is 10.3. The zero-order valence-corrected chi connectivity index (χ0v) is 21.2. The Morgan fingerprint density at radius 1 is 1.09 bits per heavy atom. The fourth-order valence-corrected chi connectivity index (χ4v) is 3.89. The monoisotopic (exact) mass is 475 g/mol. The Kier molecular flexibility index (Phi) is 9.06. The third-order valence-corrected chi connectivity index (χ3v) is 5.55. The number of aryl methyl sites for hydroxylation is 2. The van der Waals surface area contributed by atoms with Crippen molar-refractivity contribution in [3.8, 4) is 0 Å². The number of hydrogen-bond acceptors (Lipinski definition) is 6. The molecule has 1 saturated carbocycles. The molecule has 34 heavy (non-hydrogen) atoms. The van der Waals surface area contributed by atoms with E-state index in [1.807, 2.05) is 32.0 Å². The maximum Gasteiger partial charge on any atom is 0.408 e. The number of carbonyl (C=O) groups is 4. The first-order chi connectivity index (χ1) is 15.8. The van der Waals surface area contributed by atoms with Crippen LogP contribution in [0.15, 0.2) is 18.2 Å². The Hall–Kier alpha value is -3.10. The molecule has 1 fully saturated rings. The molecule has 2 rings (SSSR count). The number of ether oxygens (including phenoxy) is 2. The summed E-state index contributed by atoms with van der Waals surface area (Å²) in [5.74, 6) is -1.47. The highest BCUT2D eigenvalue weighted by atomic mass is 16.6. The summed E-state index contributed by atoms with van der Waals surface area (Å²) >= 11 is 0. The van der Waals surface area contributed by atoms with Crippen molar-refractivity contribution in [3.05, 3.63) is 34.9 Å². The van der Waals surface area contributed by atoms with Gasteiger partial charge in [-0.3, -0.25) is 14.4 Å². The van der Waals surface area contributed by atoms with Gasteiger partial charge >= 0.3 is 12.1 Å². The largest absolute Gasteiger partial charge is 0.468 e. The SMILES string of the molecule is COC(=O)CNC(=O)C(c1cc(C)cc(C)c1)N(C(=O)C(C)NC(=O)OC(C)(C)C)C1CCC1. The van der Waals surface area contributed by atoms with Crippen molar-refractivity contribution in [1.82, 2.24) is 15.5 Å². The summed E-state index contributed by atoms with van der Waals surface area (Å²) in [6.07, 6.45) is 1.72. The molecular weight excluding hydrogens is 438 g/mol. The lowest BCUT2D eigenvalue weighted by molar-refractivity contribution is -0.148. The smallest absolute Gasteiger partial charge is 0.408 e. The molecule has 1 aromatic rings. The van der Waals surface area contributed by atoms with Crippen LogP contribution in [0.2, 0.25) is 0 Å². The van der Waals surface area contributed by atoms with Gasteiger partial charge < -0.3 is 25.0 Å². The molecule has 9 heteroatoms. The molecule has 1 aliphatic carbocycles. The van der Waals surface area contributed by atoms with E-state index in [1.165, 1.54) is 7.11 Å². The minimum absolute atomic E-state index is 0.162. The number of methoxy groups -OCH3 is 1. The van der Waals surface area contributed by atoms with E-state index in [2.05, 4.69) is 15.4 Å². The summed E-state index contributed by atoms with van der Waals surface area (Å²) in [4.78, 5) is 52.5. The van der Waals surface area contributed by atoms with Gasteiger partial charge in [-0.1, -0.05) is 29.3 Å². The predicted molar refractivity (Wildman–Crippen MR) is 127 cm³/mol. The molecule has 188 valence electrons. The Balaban J connectivity index is 2.40. The maximum absolute atomic E-state index is 13.6. The number of rotatable bonds is 8. The van der Waals surface area contributed by atoms with E-state index in [4.69, 9.17) is 4.74 Å². The van der Waals surface area contributed by atoms with Crippen LogP contribution in [0, 0.1) is 13.8 Å². The second kappa shape index (κ2) is 11.4. The lowest BCUT2D eigenvalue weighted by atomic mass is 9.87. The van der Waals surface area contributed by atoms with Gasteiger partial charge in [-0.25, -0.2) is 4.79 Å². The Morgan fingerprint density at radius 3 is 2.15 bits per heavy atom. The molecule has 0 aliphatic heterocycles. The van der Waals surface area contributed by atoms with Crippen molar-refractivity contribution >= 4 is 23.9 Å². The number of amides is 3. The third-order valence-electron chi connectivity index (χ3n) is 5.55. The van der Waals surface area contributed by atoms with Crippen LogP contribution in [0.5, 0.6) is 0 Å². The average Bonchev–Trinajstić information content (AvgIpc) is 2.67. The van der Waals surface area contributed by atoms with Crippen LogP contribution in [-0.2, 0) is 23.9 Å². The standard InChI is InChI=1S/C25H37N3O6/c1-15-11-16(2)13-18(12-15)21(22(30)26-14-20(29)33-7)28(19-9-8-10-19)23(31)17(3)27-24(32)34-25(4,5)6/h11-13,17,19,21H,8-10,14H2,1-7H3,(H,26,30)(H,27,32). The van der Waals surface area contributed by atoms with Gasteiger partial charge in [0.2, 0.25) is 11.8 Å². The number of benzene rings is 1. The molecule has 0 bridgehead atoms. The summed E-state index contributed by atoms with van der Waals surface area (Å²) in [7, 11) is 1.24. The lowest BCUT2D eigenvalue weighted by Gasteiger charge is -2.43. The topological polar surface area (TPSA) is 114 Å². The van der Waals surface area contributed by atoms with Crippen molar-refractivity contribution in [3.63, 3.8) is 0 Å². The number of carbonyl (C=O) groups excluding carboxylic acids is 4. The molecule has 0 saturated heterocycles. The minimum Gasteiger partial charge on any atom is -0.468 e. The first-order valence-electron chi connectivity index (χ1n) is 11.6.